The van der Waals surface area contributed by atoms with E-state index in [1.807, 2.05) is 0 Å². The van der Waals surface area contributed by atoms with Gasteiger partial charge < -0.3 is 42.5 Å². The highest BCUT2D eigenvalue weighted by molar-refractivity contribution is 5.97. The van der Waals surface area contributed by atoms with Gasteiger partial charge in [0.1, 0.15) is 12.1 Å². The topological polar surface area (TPSA) is 314 Å². The molecule has 11 N–H and O–H groups in total. The van der Waals surface area contributed by atoms with Gasteiger partial charge in [0, 0.05) is 24.1 Å². The number of carboxylic acid groups (broad SMARTS) is 4. The maximum atomic E-state index is 12.3. The van der Waals surface area contributed by atoms with E-state index in [9.17, 15) is 28.8 Å². The number of benzene rings is 1. The minimum Gasteiger partial charge on any atom is -0.481 e. The minimum atomic E-state index is -1.31. The first-order chi connectivity index (χ1) is 19.8. The molecular formula is C24H28N8O10. The molecule has 2 aromatic heterocycles. The van der Waals surface area contributed by atoms with E-state index in [2.05, 4.69) is 30.6 Å². The molecule has 2 heterocycles. The van der Waals surface area contributed by atoms with Gasteiger partial charge in [0.2, 0.25) is 5.95 Å². The molecule has 0 radical (unpaired) electrons. The van der Waals surface area contributed by atoms with Gasteiger partial charge >= 0.3 is 23.9 Å². The van der Waals surface area contributed by atoms with Crippen LogP contribution in [0.1, 0.15) is 41.7 Å². The van der Waals surface area contributed by atoms with Crippen molar-refractivity contribution >= 4 is 52.6 Å². The molecule has 0 saturated heterocycles. The van der Waals surface area contributed by atoms with Crippen LogP contribution < -0.4 is 27.7 Å². The quantitative estimate of drug-likeness (QED) is 0.118. The number of aliphatic carboxylic acids is 4. The van der Waals surface area contributed by atoms with Crippen LogP contribution in [0, 0.1) is 0 Å². The van der Waals surface area contributed by atoms with Crippen molar-refractivity contribution < 1.29 is 44.4 Å². The third-order valence-corrected chi connectivity index (χ3v) is 5.34. The standard InChI is InChI=1S/C19H19N7O6.C5H9NO4/c20-19-25-15-14(17(30)26-19)23-11(8-22-15)7-21-10-3-1-9(2-4-10)16(29)24-12(18(31)32)5-6-13(27)28;6-3(5(9)10)1-2-4(7)8/h1-4,8,12,21H,5-7H2,(H,24,29)(H,27,28)(H,31,32)(H3,20,22,25,26,30);3H,1-2,6H2,(H,7,8)(H,9,10). The number of anilines is 2. The molecule has 0 fully saturated rings. The van der Waals surface area contributed by atoms with E-state index in [-0.39, 0.29) is 54.9 Å². The van der Waals surface area contributed by atoms with E-state index in [4.69, 9.17) is 31.9 Å². The average molecular weight is 589 g/mol. The summed E-state index contributed by atoms with van der Waals surface area (Å²) in [6, 6.07) is 3.80. The fraction of sp³-hybridized carbons (Fsp3) is 0.292. The Morgan fingerprint density at radius 3 is 2.10 bits per heavy atom. The van der Waals surface area contributed by atoms with Crippen LogP contribution in [0.3, 0.4) is 0 Å². The summed E-state index contributed by atoms with van der Waals surface area (Å²) < 4.78 is 0. The summed E-state index contributed by atoms with van der Waals surface area (Å²) in [4.78, 5) is 80.4. The molecule has 0 spiro atoms. The number of nitrogen functional groups attached to an aromatic ring is 1. The normalized spacial score (nSPS) is 11.8. The molecule has 224 valence electrons. The number of rotatable bonds is 13. The third-order valence-electron chi connectivity index (χ3n) is 5.34. The fourth-order valence-electron chi connectivity index (χ4n) is 3.16. The molecule has 0 aliphatic heterocycles. The molecule has 1 aromatic carbocycles. The van der Waals surface area contributed by atoms with Gasteiger partial charge in [-0.1, -0.05) is 0 Å². The number of amides is 1. The Labute approximate surface area is 235 Å². The van der Waals surface area contributed by atoms with Crippen molar-refractivity contribution in [3.05, 3.63) is 52.1 Å². The van der Waals surface area contributed by atoms with Crippen LogP contribution in [0.15, 0.2) is 35.3 Å². The molecule has 0 aliphatic carbocycles. The van der Waals surface area contributed by atoms with Crippen LogP contribution in [0.2, 0.25) is 0 Å². The van der Waals surface area contributed by atoms with E-state index in [1.54, 1.807) is 12.1 Å². The number of aromatic amines is 1. The number of H-pyrrole nitrogens is 1. The third kappa shape index (κ3) is 10.5. The lowest BCUT2D eigenvalue weighted by atomic mass is 10.1. The van der Waals surface area contributed by atoms with Gasteiger partial charge in [-0.05, 0) is 37.1 Å². The Morgan fingerprint density at radius 2 is 1.52 bits per heavy atom. The second-order valence-corrected chi connectivity index (χ2v) is 8.59. The molecule has 0 bridgehead atoms. The number of carboxylic acids is 4. The largest absolute Gasteiger partial charge is 0.481 e. The molecule has 3 rings (SSSR count). The Morgan fingerprint density at radius 1 is 0.905 bits per heavy atom. The lowest BCUT2D eigenvalue weighted by Crippen LogP contribution is -2.41. The van der Waals surface area contributed by atoms with Crippen molar-refractivity contribution in [3.63, 3.8) is 0 Å². The summed E-state index contributed by atoms with van der Waals surface area (Å²) in [6.07, 6.45) is 0.616. The Kier molecular flexibility index (Phi) is 11.8. The minimum absolute atomic E-state index is 0.0231. The zero-order chi connectivity index (χ0) is 31.4. The number of hydrogen-bond donors (Lipinski definition) is 9. The highest BCUT2D eigenvalue weighted by Gasteiger charge is 2.21. The number of nitrogens with zero attached hydrogens (tertiary/aromatic N) is 3. The van der Waals surface area contributed by atoms with E-state index in [1.165, 1.54) is 18.3 Å². The van der Waals surface area contributed by atoms with Crippen molar-refractivity contribution in [2.24, 2.45) is 5.73 Å². The highest BCUT2D eigenvalue weighted by Crippen LogP contribution is 2.12. The Hall–Kier alpha value is -5.65. The van der Waals surface area contributed by atoms with Crippen LogP contribution in [-0.4, -0.2) is 82.2 Å². The molecule has 2 unspecified atom stereocenters. The van der Waals surface area contributed by atoms with E-state index >= 15 is 0 Å². The molecule has 0 aliphatic rings. The number of fused-ring (bicyclic) bond motifs is 1. The van der Waals surface area contributed by atoms with Gasteiger partial charge in [-0.15, -0.1) is 0 Å². The van der Waals surface area contributed by atoms with E-state index in [0.29, 0.717) is 11.4 Å². The van der Waals surface area contributed by atoms with Crippen molar-refractivity contribution in [2.75, 3.05) is 11.1 Å². The molecule has 3 aromatic rings. The van der Waals surface area contributed by atoms with Gasteiger partial charge in [0.25, 0.3) is 11.5 Å². The molecule has 2 atom stereocenters. The lowest BCUT2D eigenvalue weighted by Gasteiger charge is -2.14. The first-order valence-corrected chi connectivity index (χ1v) is 12.1. The van der Waals surface area contributed by atoms with Crippen molar-refractivity contribution in [1.82, 2.24) is 25.3 Å². The molecular weight excluding hydrogens is 560 g/mol. The number of nitrogens with two attached hydrogens (primary N) is 2. The van der Waals surface area contributed by atoms with E-state index in [0.717, 1.165) is 0 Å². The highest BCUT2D eigenvalue weighted by atomic mass is 16.4. The zero-order valence-electron chi connectivity index (χ0n) is 21.8. The van der Waals surface area contributed by atoms with Crippen LogP contribution in [0.4, 0.5) is 11.6 Å². The molecule has 18 heteroatoms. The Bertz CT molecular complexity index is 1510. The van der Waals surface area contributed by atoms with E-state index < -0.39 is 47.4 Å². The molecule has 18 nitrogen and oxygen atoms in total. The first-order valence-electron chi connectivity index (χ1n) is 12.1. The monoisotopic (exact) mass is 588 g/mol. The van der Waals surface area contributed by atoms with Gasteiger partial charge in [-0.25, -0.2) is 14.8 Å². The van der Waals surface area contributed by atoms with Crippen LogP contribution in [0.25, 0.3) is 11.2 Å². The predicted molar refractivity (Wildman–Crippen MR) is 144 cm³/mol. The summed E-state index contributed by atoms with van der Waals surface area (Å²) in [5.41, 5.74) is 11.5. The van der Waals surface area contributed by atoms with Gasteiger partial charge in [0.05, 0.1) is 18.4 Å². The van der Waals surface area contributed by atoms with Crippen molar-refractivity contribution in [3.8, 4) is 0 Å². The van der Waals surface area contributed by atoms with Crippen LogP contribution >= 0.6 is 0 Å². The summed E-state index contributed by atoms with van der Waals surface area (Å²) in [6.45, 7) is 0.231. The van der Waals surface area contributed by atoms with Crippen molar-refractivity contribution in [2.45, 2.75) is 44.3 Å². The Balaban J connectivity index is 0.000000528. The number of carbonyl (C=O) groups excluding carboxylic acids is 1. The number of hydrogen-bond acceptors (Lipinski definition) is 12. The van der Waals surface area contributed by atoms with Gasteiger partial charge in [0.15, 0.2) is 11.2 Å². The number of nitrogens with one attached hydrogen (secondary N) is 3. The fourth-order valence-corrected chi connectivity index (χ4v) is 3.16. The smallest absolute Gasteiger partial charge is 0.326 e. The average Bonchev–Trinajstić information content (AvgIpc) is 2.93. The van der Waals surface area contributed by atoms with Gasteiger partial charge in [-0.2, -0.15) is 4.98 Å². The lowest BCUT2D eigenvalue weighted by molar-refractivity contribution is -0.142. The van der Waals surface area contributed by atoms with Gasteiger partial charge in [-0.3, -0.25) is 29.0 Å². The van der Waals surface area contributed by atoms with Crippen LogP contribution in [-0.2, 0) is 25.7 Å². The second-order valence-electron chi connectivity index (χ2n) is 8.59. The predicted octanol–water partition coefficient (Wildman–Crippen LogP) is -0.782. The summed E-state index contributed by atoms with van der Waals surface area (Å²) in [5.74, 6) is -5.35. The molecule has 1 amide bonds. The maximum Gasteiger partial charge on any atom is 0.326 e. The summed E-state index contributed by atoms with van der Waals surface area (Å²) >= 11 is 0. The number of aromatic nitrogens is 4. The summed E-state index contributed by atoms with van der Waals surface area (Å²) in [7, 11) is 0. The first kappa shape index (κ1) is 32.6. The maximum absolute atomic E-state index is 12.3. The van der Waals surface area contributed by atoms with Crippen molar-refractivity contribution in [1.29, 1.82) is 0 Å². The second kappa shape index (κ2) is 15.2. The van der Waals surface area contributed by atoms with Crippen LogP contribution in [0.5, 0.6) is 0 Å². The SMILES string of the molecule is NC(CCC(=O)O)C(=O)O.Nc1nc2ncc(CNc3ccc(C(=O)NC(CCC(=O)O)C(=O)O)cc3)nc2c(=O)[nH]1. The molecule has 0 saturated carbocycles. The zero-order valence-corrected chi connectivity index (χ0v) is 21.8. The molecule has 42 heavy (non-hydrogen) atoms. The summed E-state index contributed by atoms with van der Waals surface area (Å²) in [5, 5.41) is 39.5. The number of carbonyl (C=O) groups is 5.